The zero-order valence-corrected chi connectivity index (χ0v) is 9.30. The van der Waals surface area contributed by atoms with Gasteiger partial charge in [0.1, 0.15) is 0 Å². The molecule has 0 bridgehead atoms. The van der Waals surface area contributed by atoms with Crippen molar-refractivity contribution in [2.75, 3.05) is 26.7 Å². The lowest BCUT2D eigenvalue weighted by molar-refractivity contribution is 0.325. The smallest absolute Gasteiger partial charge is 0.0535 e. The molecule has 0 aliphatic carbocycles. The number of nitrogens with one attached hydrogen (secondary N) is 2. The van der Waals surface area contributed by atoms with Gasteiger partial charge >= 0.3 is 0 Å². The molecule has 1 rings (SSSR count). The van der Waals surface area contributed by atoms with E-state index in [2.05, 4.69) is 41.3 Å². The Hall–Kier alpha value is -0.870. The van der Waals surface area contributed by atoms with E-state index >= 15 is 0 Å². The molecule has 0 radical (unpaired) electrons. The van der Waals surface area contributed by atoms with Gasteiger partial charge in [-0.2, -0.15) is 5.10 Å². The average molecular weight is 196 g/mol. The van der Waals surface area contributed by atoms with Crippen molar-refractivity contribution in [2.24, 2.45) is 0 Å². The molecule has 1 aromatic heterocycles. The Labute approximate surface area is 85.7 Å². The fraction of sp³-hybridized carbons (Fsp3) is 0.700. The van der Waals surface area contributed by atoms with Gasteiger partial charge in [-0.3, -0.25) is 5.10 Å². The minimum absolute atomic E-state index is 0.966. The number of nitrogens with zero attached hydrogens (tertiary/aromatic N) is 2. The molecular weight excluding hydrogens is 176 g/mol. The van der Waals surface area contributed by atoms with Gasteiger partial charge in [-0.25, -0.2) is 0 Å². The summed E-state index contributed by atoms with van der Waals surface area (Å²) in [6.45, 7) is 8.30. The number of aryl methyl sites for hydroxylation is 1. The van der Waals surface area contributed by atoms with Gasteiger partial charge in [0.15, 0.2) is 0 Å². The fourth-order valence-electron chi connectivity index (χ4n) is 1.35. The maximum atomic E-state index is 4.00. The SMILES string of the molecule is CCNCCN(C)Cc1cn[nH]c1C. The number of rotatable bonds is 6. The number of hydrogen-bond acceptors (Lipinski definition) is 3. The highest BCUT2D eigenvalue weighted by Gasteiger charge is 2.03. The predicted molar refractivity (Wildman–Crippen MR) is 58.2 cm³/mol. The second-order valence-electron chi connectivity index (χ2n) is 3.61. The van der Waals surface area contributed by atoms with Gasteiger partial charge in [0, 0.05) is 30.9 Å². The van der Waals surface area contributed by atoms with Gasteiger partial charge in [0.05, 0.1) is 6.20 Å². The van der Waals surface area contributed by atoms with E-state index in [0.717, 1.165) is 26.2 Å². The molecule has 0 aromatic carbocycles. The maximum Gasteiger partial charge on any atom is 0.0535 e. The van der Waals surface area contributed by atoms with Crippen LogP contribution in [0, 0.1) is 6.92 Å². The monoisotopic (exact) mass is 196 g/mol. The Kier molecular flexibility index (Phi) is 4.62. The van der Waals surface area contributed by atoms with Crippen molar-refractivity contribution in [1.29, 1.82) is 0 Å². The second-order valence-corrected chi connectivity index (χ2v) is 3.61. The summed E-state index contributed by atoms with van der Waals surface area (Å²) in [5, 5.41) is 10.3. The van der Waals surface area contributed by atoms with Gasteiger partial charge in [0.25, 0.3) is 0 Å². The molecule has 14 heavy (non-hydrogen) atoms. The van der Waals surface area contributed by atoms with E-state index in [1.54, 1.807) is 0 Å². The van der Waals surface area contributed by atoms with Gasteiger partial charge in [0.2, 0.25) is 0 Å². The molecule has 1 heterocycles. The van der Waals surface area contributed by atoms with Crippen LogP contribution in [0.2, 0.25) is 0 Å². The third kappa shape index (κ3) is 3.47. The van der Waals surface area contributed by atoms with Crippen LogP contribution in [0.1, 0.15) is 18.2 Å². The number of H-pyrrole nitrogens is 1. The molecule has 0 aliphatic heterocycles. The quantitative estimate of drug-likeness (QED) is 0.660. The Morgan fingerprint density at radius 2 is 2.36 bits per heavy atom. The van der Waals surface area contributed by atoms with Gasteiger partial charge in [-0.1, -0.05) is 6.92 Å². The van der Waals surface area contributed by atoms with Crippen LogP contribution in [0.3, 0.4) is 0 Å². The number of hydrogen-bond donors (Lipinski definition) is 2. The first-order valence-corrected chi connectivity index (χ1v) is 5.12. The standard InChI is InChI=1S/C10H20N4/c1-4-11-5-6-14(3)8-10-7-12-13-9(10)2/h7,11H,4-6,8H2,1-3H3,(H,12,13). The van der Waals surface area contributed by atoms with E-state index in [4.69, 9.17) is 0 Å². The van der Waals surface area contributed by atoms with Gasteiger partial charge in [-0.05, 0) is 20.5 Å². The molecule has 0 spiro atoms. The fourth-order valence-corrected chi connectivity index (χ4v) is 1.35. The largest absolute Gasteiger partial charge is 0.316 e. The zero-order valence-electron chi connectivity index (χ0n) is 9.30. The van der Waals surface area contributed by atoms with Crippen molar-refractivity contribution in [3.63, 3.8) is 0 Å². The summed E-state index contributed by atoms with van der Waals surface area (Å²) >= 11 is 0. The third-order valence-corrected chi connectivity index (χ3v) is 2.29. The van der Waals surface area contributed by atoms with Crippen molar-refractivity contribution in [1.82, 2.24) is 20.4 Å². The molecule has 0 saturated carbocycles. The maximum absolute atomic E-state index is 4.00. The summed E-state index contributed by atoms with van der Waals surface area (Å²) in [6, 6.07) is 0. The summed E-state index contributed by atoms with van der Waals surface area (Å²) in [5.41, 5.74) is 2.45. The van der Waals surface area contributed by atoms with E-state index in [9.17, 15) is 0 Å². The minimum Gasteiger partial charge on any atom is -0.316 e. The molecule has 0 saturated heterocycles. The highest BCUT2D eigenvalue weighted by Crippen LogP contribution is 2.04. The van der Waals surface area contributed by atoms with Crippen LogP contribution >= 0.6 is 0 Å². The minimum atomic E-state index is 0.966. The summed E-state index contributed by atoms with van der Waals surface area (Å²) < 4.78 is 0. The number of aromatic nitrogens is 2. The molecule has 1 aromatic rings. The average Bonchev–Trinajstić information content (AvgIpc) is 2.52. The summed E-state index contributed by atoms with van der Waals surface area (Å²) in [5.74, 6) is 0. The molecular formula is C10H20N4. The van der Waals surface area contributed by atoms with E-state index < -0.39 is 0 Å². The third-order valence-electron chi connectivity index (χ3n) is 2.29. The van der Waals surface area contributed by atoms with Gasteiger partial charge < -0.3 is 10.2 Å². The van der Waals surface area contributed by atoms with Crippen molar-refractivity contribution in [3.05, 3.63) is 17.5 Å². The van der Waals surface area contributed by atoms with E-state index in [1.165, 1.54) is 11.3 Å². The Morgan fingerprint density at radius 3 is 2.93 bits per heavy atom. The summed E-state index contributed by atoms with van der Waals surface area (Å²) in [6.07, 6.45) is 1.90. The van der Waals surface area contributed by atoms with E-state index in [0.29, 0.717) is 0 Å². The van der Waals surface area contributed by atoms with Gasteiger partial charge in [-0.15, -0.1) is 0 Å². The lowest BCUT2D eigenvalue weighted by atomic mass is 10.2. The molecule has 2 N–H and O–H groups in total. The van der Waals surface area contributed by atoms with Crippen molar-refractivity contribution in [3.8, 4) is 0 Å². The predicted octanol–water partition coefficient (Wildman–Crippen LogP) is 0.759. The lowest BCUT2D eigenvalue weighted by Gasteiger charge is -2.15. The number of likely N-dealkylation sites (N-methyl/N-ethyl adjacent to an activating group) is 2. The lowest BCUT2D eigenvalue weighted by Crippen LogP contribution is -2.28. The molecule has 0 aliphatic rings. The van der Waals surface area contributed by atoms with Crippen molar-refractivity contribution in [2.45, 2.75) is 20.4 Å². The highest BCUT2D eigenvalue weighted by molar-refractivity contribution is 5.13. The number of aromatic amines is 1. The molecule has 0 fully saturated rings. The van der Waals surface area contributed by atoms with E-state index in [1.807, 2.05) is 6.20 Å². The molecule has 0 amide bonds. The van der Waals surface area contributed by atoms with Crippen LogP contribution in [0.15, 0.2) is 6.20 Å². The molecule has 0 atom stereocenters. The zero-order chi connectivity index (χ0) is 10.4. The highest BCUT2D eigenvalue weighted by atomic mass is 15.1. The second kappa shape index (κ2) is 5.78. The van der Waals surface area contributed by atoms with Crippen molar-refractivity contribution < 1.29 is 0 Å². The van der Waals surface area contributed by atoms with Crippen LogP contribution in [0.25, 0.3) is 0 Å². The van der Waals surface area contributed by atoms with E-state index in [-0.39, 0.29) is 0 Å². The summed E-state index contributed by atoms with van der Waals surface area (Å²) in [4.78, 5) is 2.29. The summed E-state index contributed by atoms with van der Waals surface area (Å²) in [7, 11) is 2.13. The van der Waals surface area contributed by atoms with Crippen LogP contribution in [-0.4, -0.2) is 41.8 Å². The Morgan fingerprint density at radius 1 is 1.57 bits per heavy atom. The molecule has 4 nitrogen and oxygen atoms in total. The van der Waals surface area contributed by atoms with Crippen molar-refractivity contribution >= 4 is 0 Å². The van der Waals surface area contributed by atoms with Crippen LogP contribution in [-0.2, 0) is 6.54 Å². The Bertz CT molecular complexity index is 256. The Balaban J connectivity index is 2.27. The molecule has 80 valence electrons. The van der Waals surface area contributed by atoms with Crippen LogP contribution in [0.4, 0.5) is 0 Å². The van der Waals surface area contributed by atoms with Crippen LogP contribution in [0.5, 0.6) is 0 Å². The first-order chi connectivity index (χ1) is 6.74. The first kappa shape index (κ1) is 11.2. The van der Waals surface area contributed by atoms with Crippen LogP contribution < -0.4 is 5.32 Å². The first-order valence-electron chi connectivity index (χ1n) is 5.12. The molecule has 0 unspecified atom stereocenters. The molecule has 4 heteroatoms. The topological polar surface area (TPSA) is 44.0 Å². The normalized spacial score (nSPS) is 11.1.